The van der Waals surface area contributed by atoms with E-state index in [1.54, 1.807) is 30.5 Å². The summed E-state index contributed by atoms with van der Waals surface area (Å²) in [5, 5.41) is 13.6. The lowest BCUT2D eigenvalue weighted by Crippen LogP contribution is -2.00. The molecule has 0 amide bonds. The van der Waals surface area contributed by atoms with Crippen LogP contribution in [0, 0.1) is 6.92 Å². The Kier molecular flexibility index (Phi) is 5.29. The van der Waals surface area contributed by atoms with E-state index in [2.05, 4.69) is 51.7 Å². The molecule has 0 radical (unpaired) electrons. The number of hydrazone groups is 1. The van der Waals surface area contributed by atoms with Gasteiger partial charge in [-0.05, 0) is 42.8 Å². The summed E-state index contributed by atoms with van der Waals surface area (Å²) in [5.41, 5.74) is 8.64. The zero-order valence-corrected chi connectivity index (χ0v) is 15.9. The van der Waals surface area contributed by atoms with Crippen LogP contribution in [0.2, 0.25) is 0 Å². The normalized spacial score (nSPS) is 10.9. The van der Waals surface area contributed by atoms with Gasteiger partial charge in [-0.2, -0.15) is 5.10 Å². The number of phenols is 1. The number of aromatic nitrogens is 2. The Bertz CT molecular complexity index is 1120. The number of rotatable bonds is 5. The Labute approximate surface area is 169 Å². The molecule has 0 aliphatic rings. The molecule has 4 aromatic rings. The standard InChI is InChI=1S/C24H20N4O/c1-17-7-11-20(12-8-17)23-15-22(19-5-3-2-4-6-19)26-24(27-23)28-25-16-18-9-13-21(29)14-10-18/h2-16,29H,1H3,(H,26,27,28)/b25-16+. The fraction of sp³-hybridized carbons (Fsp3) is 0.0417. The Morgan fingerprint density at radius 3 is 2.07 bits per heavy atom. The van der Waals surface area contributed by atoms with E-state index in [0.717, 1.165) is 28.1 Å². The van der Waals surface area contributed by atoms with Crippen LogP contribution in [0.1, 0.15) is 11.1 Å². The number of nitrogens with zero attached hydrogens (tertiary/aromatic N) is 3. The molecule has 4 rings (SSSR count). The van der Waals surface area contributed by atoms with Crippen molar-refractivity contribution in [3.05, 3.63) is 96.1 Å². The second-order valence-corrected chi connectivity index (χ2v) is 6.66. The van der Waals surface area contributed by atoms with E-state index in [-0.39, 0.29) is 5.75 Å². The van der Waals surface area contributed by atoms with Gasteiger partial charge in [0.05, 0.1) is 17.6 Å². The van der Waals surface area contributed by atoms with Crippen molar-refractivity contribution in [2.24, 2.45) is 5.10 Å². The molecule has 142 valence electrons. The predicted octanol–water partition coefficient (Wildman–Crippen LogP) is 5.27. The van der Waals surface area contributed by atoms with Crippen molar-refractivity contribution in [3.8, 4) is 28.3 Å². The van der Waals surface area contributed by atoms with Gasteiger partial charge in [0.15, 0.2) is 0 Å². The van der Waals surface area contributed by atoms with E-state index >= 15 is 0 Å². The largest absolute Gasteiger partial charge is 0.508 e. The number of phenolic OH excluding ortho intramolecular Hbond substituents is 1. The van der Waals surface area contributed by atoms with Crippen molar-refractivity contribution in [3.63, 3.8) is 0 Å². The van der Waals surface area contributed by atoms with Crippen LogP contribution in [0.5, 0.6) is 5.75 Å². The third kappa shape index (κ3) is 4.65. The van der Waals surface area contributed by atoms with Crippen molar-refractivity contribution < 1.29 is 5.11 Å². The first kappa shape index (κ1) is 18.4. The van der Waals surface area contributed by atoms with Crippen molar-refractivity contribution in [2.75, 3.05) is 5.43 Å². The number of hydrogen-bond acceptors (Lipinski definition) is 5. The molecule has 0 atom stereocenters. The quantitative estimate of drug-likeness (QED) is 0.365. The summed E-state index contributed by atoms with van der Waals surface area (Å²) < 4.78 is 0. The first-order valence-corrected chi connectivity index (χ1v) is 9.27. The zero-order chi connectivity index (χ0) is 20.1. The molecule has 0 saturated heterocycles. The van der Waals surface area contributed by atoms with Crippen molar-refractivity contribution in [1.29, 1.82) is 0 Å². The summed E-state index contributed by atoms with van der Waals surface area (Å²) in [7, 11) is 0. The van der Waals surface area contributed by atoms with E-state index < -0.39 is 0 Å². The first-order valence-electron chi connectivity index (χ1n) is 9.27. The molecule has 0 fully saturated rings. The zero-order valence-electron chi connectivity index (χ0n) is 15.9. The Morgan fingerprint density at radius 2 is 1.41 bits per heavy atom. The molecule has 0 saturated carbocycles. The van der Waals surface area contributed by atoms with Crippen LogP contribution in [0.3, 0.4) is 0 Å². The molecule has 1 aromatic heterocycles. The molecular formula is C24H20N4O. The molecule has 0 spiro atoms. The minimum Gasteiger partial charge on any atom is -0.508 e. The lowest BCUT2D eigenvalue weighted by atomic mass is 10.1. The lowest BCUT2D eigenvalue weighted by Gasteiger charge is -2.08. The lowest BCUT2D eigenvalue weighted by molar-refractivity contribution is 0.475. The molecule has 1 heterocycles. The maximum atomic E-state index is 9.37. The van der Waals surface area contributed by atoms with Gasteiger partial charge in [0, 0.05) is 11.1 Å². The SMILES string of the molecule is Cc1ccc(-c2cc(-c3ccccc3)nc(N/N=C/c3ccc(O)cc3)n2)cc1. The summed E-state index contributed by atoms with van der Waals surface area (Å²) in [6.45, 7) is 2.06. The average Bonchev–Trinajstić information content (AvgIpc) is 2.76. The molecule has 0 aliphatic heterocycles. The Hall–Kier alpha value is -3.99. The number of benzene rings is 3. The molecule has 2 N–H and O–H groups in total. The molecular weight excluding hydrogens is 360 g/mol. The minimum absolute atomic E-state index is 0.219. The molecule has 0 unspecified atom stereocenters. The molecule has 5 heteroatoms. The van der Waals surface area contributed by atoms with Gasteiger partial charge in [0.2, 0.25) is 5.95 Å². The van der Waals surface area contributed by atoms with Crippen molar-refractivity contribution >= 4 is 12.2 Å². The van der Waals surface area contributed by atoms with Crippen LogP contribution >= 0.6 is 0 Å². The third-order valence-electron chi connectivity index (χ3n) is 4.41. The second-order valence-electron chi connectivity index (χ2n) is 6.66. The molecule has 3 aromatic carbocycles. The van der Waals surface area contributed by atoms with E-state index in [4.69, 9.17) is 0 Å². The number of anilines is 1. The molecule has 0 bridgehead atoms. The highest BCUT2D eigenvalue weighted by Gasteiger charge is 2.08. The highest BCUT2D eigenvalue weighted by molar-refractivity contribution is 5.80. The van der Waals surface area contributed by atoms with Gasteiger partial charge >= 0.3 is 0 Å². The second kappa shape index (κ2) is 8.35. The van der Waals surface area contributed by atoms with Crippen LogP contribution in [-0.4, -0.2) is 21.3 Å². The van der Waals surface area contributed by atoms with E-state index in [1.165, 1.54) is 5.56 Å². The fourth-order valence-electron chi connectivity index (χ4n) is 2.85. The third-order valence-corrected chi connectivity index (χ3v) is 4.41. The maximum Gasteiger partial charge on any atom is 0.244 e. The monoisotopic (exact) mass is 380 g/mol. The Morgan fingerprint density at radius 1 is 0.793 bits per heavy atom. The van der Waals surface area contributed by atoms with Gasteiger partial charge < -0.3 is 5.11 Å². The summed E-state index contributed by atoms with van der Waals surface area (Å²) in [4.78, 5) is 9.24. The molecule has 0 aliphatic carbocycles. The minimum atomic E-state index is 0.219. The number of nitrogens with one attached hydrogen (secondary N) is 1. The summed E-state index contributed by atoms with van der Waals surface area (Å²) >= 11 is 0. The highest BCUT2D eigenvalue weighted by Crippen LogP contribution is 2.25. The van der Waals surface area contributed by atoms with E-state index in [0.29, 0.717) is 5.95 Å². The van der Waals surface area contributed by atoms with Gasteiger partial charge in [0.25, 0.3) is 0 Å². The van der Waals surface area contributed by atoms with Gasteiger partial charge in [-0.15, -0.1) is 0 Å². The number of aryl methyl sites for hydroxylation is 1. The smallest absolute Gasteiger partial charge is 0.244 e. The van der Waals surface area contributed by atoms with Gasteiger partial charge in [0.1, 0.15) is 5.75 Å². The van der Waals surface area contributed by atoms with Crippen LogP contribution < -0.4 is 5.43 Å². The topological polar surface area (TPSA) is 70.4 Å². The van der Waals surface area contributed by atoms with E-state index in [1.807, 2.05) is 36.4 Å². The van der Waals surface area contributed by atoms with Crippen molar-refractivity contribution in [1.82, 2.24) is 9.97 Å². The summed E-state index contributed by atoms with van der Waals surface area (Å²) in [6.07, 6.45) is 1.66. The van der Waals surface area contributed by atoms with E-state index in [9.17, 15) is 5.11 Å². The summed E-state index contributed by atoms with van der Waals surface area (Å²) in [6, 6.07) is 27.0. The highest BCUT2D eigenvalue weighted by atomic mass is 16.3. The van der Waals surface area contributed by atoms with Gasteiger partial charge in [-0.25, -0.2) is 15.4 Å². The molecule has 29 heavy (non-hydrogen) atoms. The predicted molar refractivity (Wildman–Crippen MR) is 117 cm³/mol. The summed E-state index contributed by atoms with van der Waals surface area (Å²) in [5.74, 6) is 0.633. The fourth-order valence-corrected chi connectivity index (χ4v) is 2.85. The average molecular weight is 380 g/mol. The van der Waals surface area contributed by atoms with Crippen molar-refractivity contribution in [2.45, 2.75) is 6.92 Å². The van der Waals surface area contributed by atoms with Crippen LogP contribution in [0.4, 0.5) is 5.95 Å². The van der Waals surface area contributed by atoms with Gasteiger partial charge in [-0.3, -0.25) is 0 Å². The molecule has 5 nitrogen and oxygen atoms in total. The van der Waals surface area contributed by atoms with Crippen LogP contribution in [-0.2, 0) is 0 Å². The first-order chi connectivity index (χ1) is 14.2. The van der Waals surface area contributed by atoms with Crippen LogP contribution in [0.25, 0.3) is 22.5 Å². The maximum absolute atomic E-state index is 9.37. The van der Waals surface area contributed by atoms with Crippen LogP contribution in [0.15, 0.2) is 90.0 Å². The van der Waals surface area contributed by atoms with Gasteiger partial charge in [-0.1, -0.05) is 60.2 Å². The Balaban J connectivity index is 1.67. The number of hydrogen-bond donors (Lipinski definition) is 2. The number of aromatic hydroxyl groups is 1.